The van der Waals surface area contributed by atoms with Gasteiger partial charge < -0.3 is 5.11 Å². The van der Waals surface area contributed by atoms with Crippen LogP contribution < -0.4 is 4.68 Å². The minimum Gasteiger partial charge on any atom is -0.457 e. The molecular weight excluding hydrogens is 172 g/mol. The van der Waals surface area contributed by atoms with Gasteiger partial charge in [-0.2, -0.15) is 0 Å². The van der Waals surface area contributed by atoms with Crippen LogP contribution >= 0.6 is 11.5 Å². The molecule has 4 heteroatoms. The second kappa shape index (κ2) is 2.91. The molecular formula is C8H7N2OS+. The molecule has 3 nitrogen and oxygen atoms in total. The Kier molecular flexibility index (Phi) is 1.75. The van der Waals surface area contributed by atoms with Gasteiger partial charge in [-0.25, -0.2) is 0 Å². The van der Waals surface area contributed by atoms with E-state index in [1.54, 1.807) is 5.38 Å². The molecule has 2 aromatic rings. The average molecular weight is 179 g/mol. The Morgan fingerprint density at radius 1 is 1.25 bits per heavy atom. The van der Waals surface area contributed by atoms with Crippen molar-refractivity contribution >= 4 is 11.5 Å². The summed E-state index contributed by atoms with van der Waals surface area (Å²) < 4.78 is 5.49. The lowest BCUT2D eigenvalue weighted by Gasteiger charge is -1.86. The van der Waals surface area contributed by atoms with Gasteiger partial charge >= 0.3 is 5.88 Å². The SMILES string of the molecule is Oc1csn[n+]1-c1ccccc1. The van der Waals surface area contributed by atoms with Crippen LogP contribution in [-0.2, 0) is 0 Å². The van der Waals surface area contributed by atoms with E-state index >= 15 is 0 Å². The molecule has 0 unspecified atom stereocenters. The van der Waals surface area contributed by atoms with Crippen molar-refractivity contribution in [2.24, 2.45) is 0 Å². The van der Waals surface area contributed by atoms with E-state index in [4.69, 9.17) is 0 Å². The van der Waals surface area contributed by atoms with Crippen LogP contribution in [0.2, 0.25) is 0 Å². The molecule has 0 aliphatic rings. The zero-order chi connectivity index (χ0) is 8.39. The average Bonchev–Trinajstić information content (AvgIpc) is 2.53. The van der Waals surface area contributed by atoms with E-state index in [2.05, 4.69) is 4.49 Å². The van der Waals surface area contributed by atoms with Crippen molar-refractivity contribution in [3.05, 3.63) is 35.7 Å². The smallest absolute Gasteiger partial charge is 0.409 e. The van der Waals surface area contributed by atoms with Gasteiger partial charge in [0.15, 0.2) is 0 Å². The van der Waals surface area contributed by atoms with E-state index in [1.807, 2.05) is 30.3 Å². The van der Waals surface area contributed by atoms with E-state index in [9.17, 15) is 5.11 Å². The van der Waals surface area contributed by atoms with Crippen LogP contribution in [0.25, 0.3) is 5.69 Å². The third-order valence-electron chi connectivity index (χ3n) is 1.50. The lowest BCUT2D eigenvalue weighted by molar-refractivity contribution is -0.657. The summed E-state index contributed by atoms with van der Waals surface area (Å²) in [7, 11) is 0. The molecule has 0 aliphatic heterocycles. The number of rotatable bonds is 1. The van der Waals surface area contributed by atoms with Crippen molar-refractivity contribution in [2.75, 3.05) is 0 Å². The molecule has 0 bridgehead atoms. The van der Waals surface area contributed by atoms with Gasteiger partial charge in [0, 0.05) is 28.3 Å². The quantitative estimate of drug-likeness (QED) is 0.666. The summed E-state index contributed by atoms with van der Waals surface area (Å²) in [4.78, 5) is 0. The van der Waals surface area contributed by atoms with E-state index in [1.165, 1.54) is 16.2 Å². The molecule has 0 amide bonds. The molecule has 60 valence electrons. The van der Waals surface area contributed by atoms with Crippen molar-refractivity contribution in [2.45, 2.75) is 0 Å². The predicted octanol–water partition coefficient (Wildman–Crippen LogP) is 1.13. The second-order valence-corrected chi connectivity index (χ2v) is 2.92. The van der Waals surface area contributed by atoms with Gasteiger partial charge in [0.05, 0.1) is 4.49 Å². The minimum absolute atomic E-state index is 0.172. The zero-order valence-corrected chi connectivity index (χ0v) is 7.03. The van der Waals surface area contributed by atoms with E-state index in [0.717, 1.165) is 5.69 Å². The minimum atomic E-state index is 0.172. The first kappa shape index (κ1) is 7.24. The van der Waals surface area contributed by atoms with Crippen LogP contribution in [0, 0.1) is 0 Å². The van der Waals surface area contributed by atoms with Gasteiger partial charge in [-0.3, -0.25) is 0 Å². The van der Waals surface area contributed by atoms with Crippen molar-refractivity contribution < 1.29 is 9.79 Å². The summed E-state index contributed by atoms with van der Waals surface area (Å²) in [6.07, 6.45) is 0. The van der Waals surface area contributed by atoms with Crippen LogP contribution in [0.1, 0.15) is 0 Å². The van der Waals surface area contributed by atoms with Crippen molar-refractivity contribution in [1.29, 1.82) is 0 Å². The maximum atomic E-state index is 9.31. The molecule has 0 fully saturated rings. The Labute approximate surface area is 73.7 Å². The van der Waals surface area contributed by atoms with Crippen LogP contribution in [0.4, 0.5) is 0 Å². The summed E-state index contributed by atoms with van der Waals surface area (Å²) in [5.41, 5.74) is 0.872. The third kappa shape index (κ3) is 1.16. The highest BCUT2D eigenvalue weighted by Gasteiger charge is 2.15. The van der Waals surface area contributed by atoms with Gasteiger partial charge in [-0.15, -0.1) is 0 Å². The Hall–Kier alpha value is -1.42. The number of aromatic nitrogens is 2. The van der Waals surface area contributed by atoms with E-state index < -0.39 is 0 Å². The summed E-state index contributed by atoms with van der Waals surface area (Å²) in [5, 5.41) is 10.9. The lowest BCUT2D eigenvalue weighted by Crippen LogP contribution is -2.31. The molecule has 1 aromatic heterocycles. The number of hydrogen-bond donors (Lipinski definition) is 1. The molecule has 0 saturated heterocycles. The summed E-state index contributed by atoms with van der Waals surface area (Å²) in [6.45, 7) is 0. The van der Waals surface area contributed by atoms with Crippen molar-refractivity contribution in [3.63, 3.8) is 0 Å². The Morgan fingerprint density at radius 2 is 2.00 bits per heavy atom. The largest absolute Gasteiger partial charge is 0.457 e. The molecule has 0 radical (unpaired) electrons. The fourth-order valence-corrected chi connectivity index (χ4v) is 1.47. The molecule has 1 aromatic carbocycles. The maximum absolute atomic E-state index is 9.31. The Balaban J connectivity index is 2.51. The molecule has 2 rings (SSSR count). The van der Waals surface area contributed by atoms with Gasteiger partial charge in [-0.05, 0) is 0 Å². The summed E-state index contributed by atoms with van der Waals surface area (Å²) >= 11 is 1.22. The van der Waals surface area contributed by atoms with Crippen molar-refractivity contribution in [1.82, 2.24) is 4.49 Å². The number of aromatic hydroxyl groups is 1. The molecule has 0 spiro atoms. The van der Waals surface area contributed by atoms with Crippen LogP contribution in [0.15, 0.2) is 35.7 Å². The predicted molar refractivity (Wildman–Crippen MR) is 45.3 cm³/mol. The Morgan fingerprint density at radius 3 is 2.58 bits per heavy atom. The topological polar surface area (TPSA) is 37.0 Å². The lowest BCUT2D eigenvalue weighted by atomic mass is 10.3. The maximum Gasteiger partial charge on any atom is 0.409 e. The van der Waals surface area contributed by atoms with Crippen LogP contribution in [0.3, 0.4) is 0 Å². The monoisotopic (exact) mass is 179 g/mol. The van der Waals surface area contributed by atoms with E-state index in [0.29, 0.717) is 0 Å². The van der Waals surface area contributed by atoms with Gasteiger partial charge in [0.25, 0.3) is 0 Å². The first-order valence-electron chi connectivity index (χ1n) is 3.49. The number of para-hydroxylation sites is 1. The highest BCUT2D eigenvalue weighted by molar-refractivity contribution is 7.03. The molecule has 1 heterocycles. The first-order chi connectivity index (χ1) is 5.88. The zero-order valence-electron chi connectivity index (χ0n) is 6.21. The third-order valence-corrected chi connectivity index (χ3v) is 2.08. The van der Waals surface area contributed by atoms with E-state index in [-0.39, 0.29) is 5.88 Å². The molecule has 1 N–H and O–H groups in total. The highest BCUT2D eigenvalue weighted by atomic mass is 32.1. The number of benzene rings is 1. The molecule has 0 saturated carbocycles. The van der Waals surface area contributed by atoms with Gasteiger partial charge in [0.1, 0.15) is 5.38 Å². The fourth-order valence-electron chi connectivity index (χ4n) is 0.958. The summed E-state index contributed by atoms with van der Waals surface area (Å²) in [5.74, 6) is 0.172. The molecule has 0 atom stereocenters. The van der Waals surface area contributed by atoms with Gasteiger partial charge in [-0.1, -0.05) is 18.2 Å². The van der Waals surface area contributed by atoms with Gasteiger partial charge in [0.2, 0.25) is 5.69 Å². The first-order valence-corrected chi connectivity index (χ1v) is 4.33. The standard InChI is InChI=1S/C8H6N2OS/c11-8-6-12-9-10(8)7-4-2-1-3-5-7/h1-6H/p+1. The number of hydrogen-bond acceptors (Lipinski definition) is 3. The van der Waals surface area contributed by atoms with Crippen molar-refractivity contribution in [3.8, 4) is 11.6 Å². The highest BCUT2D eigenvalue weighted by Crippen LogP contribution is 2.06. The number of nitrogens with zero attached hydrogens (tertiary/aromatic N) is 2. The molecule has 12 heavy (non-hydrogen) atoms. The fraction of sp³-hybridized carbons (Fsp3) is 0. The van der Waals surface area contributed by atoms with Crippen LogP contribution in [0.5, 0.6) is 5.88 Å². The summed E-state index contributed by atoms with van der Waals surface area (Å²) in [6, 6.07) is 9.51. The second-order valence-electron chi connectivity index (χ2n) is 2.31. The van der Waals surface area contributed by atoms with Crippen LogP contribution in [-0.4, -0.2) is 9.59 Å². The Bertz CT molecular complexity index is 372. The normalized spacial score (nSPS) is 10.0. The molecule has 0 aliphatic carbocycles.